The number of sulfone groups is 1. The van der Waals surface area contributed by atoms with E-state index in [0.29, 0.717) is 12.1 Å². The van der Waals surface area contributed by atoms with Crippen molar-refractivity contribution in [3.05, 3.63) is 29.3 Å². The fraction of sp³-hybridized carbons (Fsp3) is 0.364. The highest BCUT2D eigenvalue weighted by Crippen LogP contribution is 2.33. The monoisotopic (exact) mass is 255 g/mol. The average molecular weight is 255 g/mol. The number of carboxylic acid groups (broad SMARTS) is 1. The molecule has 92 valence electrons. The van der Waals surface area contributed by atoms with Crippen LogP contribution < -0.4 is 0 Å². The summed E-state index contributed by atoms with van der Waals surface area (Å²) in [6.07, 6.45) is 1.14. The first-order chi connectivity index (χ1) is 7.80. The van der Waals surface area contributed by atoms with Gasteiger partial charge in [-0.1, -0.05) is 6.07 Å². The van der Waals surface area contributed by atoms with Crippen LogP contribution in [-0.4, -0.2) is 37.7 Å². The molecule has 0 saturated heterocycles. The van der Waals surface area contributed by atoms with Gasteiger partial charge in [0.2, 0.25) is 0 Å². The number of fused-ring (bicyclic) bond motifs is 1. The Labute approximate surface area is 99.6 Å². The second-order valence-corrected chi connectivity index (χ2v) is 6.30. The van der Waals surface area contributed by atoms with Gasteiger partial charge in [-0.25, -0.2) is 8.42 Å². The molecule has 0 saturated carbocycles. The molecule has 0 fully saturated rings. The normalized spacial score (nSPS) is 20.2. The number of rotatable bonds is 2. The van der Waals surface area contributed by atoms with Crippen LogP contribution >= 0.6 is 0 Å². The lowest BCUT2D eigenvalue weighted by Gasteiger charge is -2.14. The van der Waals surface area contributed by atoms with Crippen molar-refractivity contribution < 1.29 is 18.3 Å². The van der Waals surface area contributed by atoms with E-state index in [-0.39, 0.29) is 4.90 Å². The highest BCUT2D eigenvalue weighted by molar-refractivity contribution is 7.90. The maximum Gasteiger partial charge on any atom is 0.325 e. The summed E-state index contributed by atoms with van der Waals surface area (Å²) < 4.78 is 22.8. The molecule has 1 atom stereocenters. The highest BCUT2D eigenvalue weighted by atomic mass is 32.2. The largest absolute Gasteiger partial charge is 0.480 e. The Bertz CT molecular complexity index is 579. The van der Waals surface area contributed by atoms with Crippen LogP contribution in [0.2, 0.25) is 0 Å². The van der Waals surface area contributed by atoms with Crippen molar-refractivity contribution >= 4 is 15.8 Å². The Morgan fingerprint density at radius 2 is 2.12 bits per heavy atom. The van der Waals surface area contributed by atoms with Crippen LogP contribution in [0.4, 0.5) is 0 Å². The summed E-state index contributed by atoms with van der Waals surface area (Å²) in [6, 6.07) is 3.93. The van der Waals surface area contributed by atoms with E-state index in [4.69, 9.17) is 5.11 Å². The van der Waals surface area contributed by atoms with E-state index >= 15 is 0 Å². The third-order valence-electron chi connectivity index (χ3n) is 2.93. The zero-order valence-electron chi connectivity index (χ0n) is 9.54. The summed E-state index contributed by atoms with van der Waals surface area (Å²) in [5, 5.41) is 9.10. The molecule has 6 heteroatoms. The van der Waals surface area contributed by atoms with Gasteiger partial charge in [-0.05, 0) is 30.3 Å². The molecule has 17 heavy (non-hydrogen) atoms. The minimum absolute atomic E-state index is 0.232. The minimum atomic E-state index is -3.25. The number of nitrogens with zero attached hydrogens (tertiary/aromatic N) is 1. The summed E-state index contributed by atoms with van der Waals surface area (Å²) in [7, 11) is -1.54. The van der Waals surface area contributed by atoms with Crippen LogP contribution in [0.15, 0.2) is 23.1 Å². The predicted molar refractivity (Wildman–Crippen MR) is 61.4 cm³/mol. The van der Waals surface area contributed by atoms with Gasteiger partial charge in [-0.3, -0.25) is 9.69 Å². The van der Waals surface area contributed by atoms with Gasteiger partial charge in [0, 0.05) is 12.8 Å². The molecule has 1 aromatic rings. The van der Waals surface area contributed by atoms with Gasteiger partial charge in [-0.2, -0.15) is 0 Å². The van der Waals surface area contributed by atoms with E-state index in [1.807, 2.05) is 0 Å². The van der Waals surface area contributed by atoms with Gasteiger partial charge in [0.25, 0.3) is 0 Å². The highest BCUT2D eigenvalue weighted by Gasteiger charge is 2.33. The van der Waals surface area contributed by atoms with Crippen molar-refractivity contribution in [1.82, 2.24) is 4.90 Å². The molecule has 0 bridgehead atoms. The summed E-state index contributed by atoms with van der Waals surface area (Å²) in [4.78, 5) is 13.0. The van der Waals surface area contributed by atoms with E-state index in [2.05, 4.69) is 0 Å². The minimum Gasteiger partial charge on any atom is -0.480 e. The first-order valence-electron chi connectivity index (χ1n) is 5.06. The van der Waals surface area contributed by atoms with Gasteiger partial charge in [0.15, 0.2) is 9.84 Å². The number of carbonyl (C=O) groups is 1. The molecule has 0 radical (unpaired) electrons. The van der Waals surface area contributed by atoms with Crippen molar-refractivity contribution in [3.63, 3.8) is 0 Å². The average Bonchev–Trinajstić information content (AvgIpc) is 2.50. The van der Waals surface area contributed by atoms with E-state index in [1.165, 1.54) is 6.07 Å². The Balaban J connectivity index is 2.52. The van der Waals surface area contributed by atoms with Crippen molar-refractivity contribution in [1.29, 1.82) is 0 Å². The zero-order valence-corrected chi connectivity index (χ0v) is 10.4. The maximum absolute atomic E-state index is 11.4. The number of carboxylic acids is 1. The lowest BCUT2D eigenvalue weighted by molar-refractivity contribution is -0.142. The van der Waals surface area contributed by atoms with E-state index in [9.17, 15) is 13.2 Å². The molecule has 0 aliphatic carbocycles. The molecule has 1 aliphatic heterocycles. The molecule has 1 unspecified atom stereocenters. The fourth-order valence-corrected chi connectivity index (χ4v) is 2.81. The Morgan fingerprint density at radius 1 is 1.47 bits per heavy atom. The first-order valence-corrected chi connectivity index (χ1v) is 6.96. The van der Waals surface area contributed by atoms with Crippen molar-refractivity contribution in [2.24, 2.45) is 0 Å². The van der Waals surface area contributed by atoms with E-state index < -0.39 is 21.8 Å². The van der Waals surface area contributed by atoms with Gasteiger partial charge in [-0.15, -0.1) is 0 Å². The summed E-state index contributed by atoms with van der Waals surface area (Å²) in [5.41, 5.74) is 1.44. The second-order valence-electron chi connectivity index (χ2n) is 4.29. The Hall–Kier alpha value is -1.40. The summed E-state index contributed by atoms with van der Waals surface area (Å²) >= 11 is 0. The predicted octanol–water partition coefficient (Wildman–Crippen LogP) is 0.661. The number of hydrogen-bond donors (Lipinski definition) is 1. The molecule has 5 nitrogen and oxygen atoms in total. The van der Waals surface area contributed by atoms with Crippen molar-refractivity contribution in [2.45, 2.75) is 17.5 Å². The number of aliphatic carboxylic acids is 1. The molecule has 1 aromatic carbocycles. The second kappa shape index (κ2) is 3.82. The van der Waals surface area contributed by atoms with Gasteiger partial charge < -0.3 is 5.11 Å². The van der Waals surface area contributed by atoms with Crippen LogP contribution in [0.5, 0.6) is 0 Å². The smallest absolute Gasteiger partial charge is 0.325 e. The molecule has 0 aromatic heterocycles. The standard InChI is InChI=1S/C11H13NO4S/c1-12-6-7-5-8(17(2,15)16)3-4-9(7)10(12)11(13)14/h3-5,10H,6H2,1-2H3,(H,13,14). The van der Waals surface area contributed by atoms with Crippen molar-refractivity contribution in [3.8, 4) is 0 Å². The number of likely N-dealkylation sites (N-methyl/N-ethyl adjacent to an activating group) is 1. The first kappa shape index (κ1) is 12.1. The lowest BCUT2D eigenvalue weighted by Crippen LogP contribution is -2.24. The SMILES string of the molecule is CN1Cc2cc(S(C)(=O)=O)ccc2C1C(=O)O. The van der Waals surface area contributed by atoms with Gasteiger partial charge in [0.1, 0.15) is 6.04 Å². The molecule has 1 N–H and O–H groups in total. The molecule has 2 rings (SSSR count). The number of benzene rings is 1. The van der Waals surface area contributed by atoms with Crippen LogP contribution in [0.1, 0.15) is 17.2 Å². The number of hydrogen-bond acceptors (Lipinski definition) is 4. The topological polar surface area (TPSA) is 74.7 Å². The third-order valence-corrected chi connectivity index (χ3v) is 4.04. The molecule has 1 aliphatic rings. The van der Waals surface area contributed by atoms with Gasteiger partial charge >= 0.3 is 5.97 Å². The maximum atomic E-state index is 11.4. The molecular weight excluding hydrogens is 242 g/mol. The molecule has 0 amide bonds. The van der Waals surface area contributed by atoms with Crippen LogP contribution in [-0.2, 0) is 21.2 Å². The quantitative estimate of drug-likeness (QED) is 0.840. The lowest BCUT2D eigenvalue weighted by atomic mass is 10.1. The summed E-state index contributed by atoms with van der Waals surface area (Å²) in [5.74, 6) is -0.918. The van der Waals surface area contributed by atoms with Crippen LogP contribution in [0, 0.1) is 0 Å². The zero-order chi connectivity index (χ0) is 12.8. The Kier molecular flexibility index (Phi) is 2.71. The molecular formula is C11H13NO4S. The fourth-order valence-electron chi connectivity index (χ4n) is 2.14. The van der Waals surface area contributed by atoms with Crippen LogP contribution in [0.3, 0.4) is 0 Å². The Morgan fingerprint density at radius 3 is 2.65 bits per heavy atom. The van der Waals surface area contributed by atoms with Gasteiger partial charge in [0.05, 0.1) is 4.90 Å². The molecule has 0 spiro atoms. The van der Waals surface area contributed by atoms with E-state index in [1.54, 1.807) is 24.1 Å². The molecule has 1 heterocycles. The summed E-state index contributed by atoms with van der Waals surface area (Å²) in [6.45, 7) is 0.454. The third kappa shape index (κ3) is 2.05. The van der Waals surface area contributed by atoms with E-state index in [0.717, 1.165) is 11.8 Å². The van der Waals surface area contributed by atoms with Crippen LogP contribution in [0.25, 0.3) is 0 Å². The van der Waals surface area contributed by atoms with Crippen molar-refractivity contribution in [2.75, 3.05) is 13.3 Å².